The Balaban J connectivity index is 1.32. The van der Waals surface area contributed by atoms with Crippen molar-refractivity contribution in [3.8, 4) is 5.75 Å². The molecule has 1 aromatic carbocycles. The van der Waals surface area contributed by atoms with E-state index in [1.807, 2.05) is 60.0 Å². The summed E-state index contributed by atoms with van der Waals surface area (Å²) in [4.78, 5) is 23.9. The number of nitrogens with zero attached hydrogens (tertiary/aromatic N) is 4. The normalized spacial score (nSPS) is 18.3. The Kier molecular flexibility index (Phi) is 4.76. The van der Waals surface area contributed by atoms with Gasteiger partial charge in [0.25, 0.3) is 5.91 Å². The molecule has 0 unspecified atom stereocenters. The number of hydrogen-bond donors (Lipinski definition) is 0. The Morgan fingerprint density at radius 1 is 1.17 bits per heavy atom. The standard InChI is InChI=1S/C23H24N4O2/c28-23(19-3-4-21-18(14-19)7-13-29-21)27-11-1-2-20(16-27)22-25-10-12-26(22)15-17-5-8-24-9-6-17/h3-6,8-10,12,14,20H,1-2,7,11,13,15-16H2/t20-/m1/s1. The Morgan fingerprint density at radius 3 is 2.97 bits per heavy atom. The average molecular weight is 388 g/mol. The maximum absolute atomic E-state index is 13.1. The van der Waals surface area contributed by atoms with Crippen molar-refractivity contribution in [1.82, 2.24) is 19.4 Å². The van der Waals surface area contributed by atoms with E-state index in [2.05, 4.69) is 14.5 Å². The van der Waals surface area contributed by atoms with Gasteiger partial charge in [-0.1, -0.05) is 0 Å². The van der Waals surface area contributed by atoms with E-state index in [9.17, 15) is 4.79 Å². The lowest BCUT2D eigenvalue weighted by atomic mass is 9.96. The highest BCUT2D eigenvalue weighted by molar-refractivity contribution is 5.94. The lowest BCUT2D eigenvalue weighted by molar-refractivity contribution is 0.0703. The summed E-state index contributed by atoms with van der Waals surface area (Å²) in [5.41, 5.74) is 3.09. The fourth-order valence-electron chi connectivity index (χ4n) is 4.37. The molecule has 2 aliphatic heterocycles. The van der Waals surface area contributed by atoms with Crippen molar-refractivity contribution in [2.75, 3.05) is 19.7 Å². The van der Waals surface area contributed by atoms with E-state index < -0.39 is 0 Å². The zero-order valence-corrected chi connectivity index (χ0v) is 16.3. The molecular formula is C23H24N4O2. The van der Waals surface area contributed by atoms with E-state index in [0.29, 0.717) is 13.2 Å². The van der Waals surface area contributed by atoms with Crippen molar-refractivity contribution in [3.05, 3.63) is 77.6 Å². The van der Waals surface area contributed by atoms with Crippen molar-refractivity contribution >= 4 is 5.91 Å². The van der Waals surface area contributed by atoms with Crippen LogP contribution in [0.4, 0.5) is 0 Å². The van der Waals surface area contributed by atoms with Gasteiger partial charge in [0.2, 0.25) is 0 Å². The maximum atomic E-state index is 13.1. The van der Waals surface area contributed by atoms with Crippen LogP contribution < -0.4 is 4.74 Å². The molecule has 5 rings (SSSR count). The first-order valence-electron chi connectivity index (χ1n) is 10.2. The number of imidazole rings is 1. The van der Waals surface area contributed by atoms with Crippen LogP contribution in [-0.2, 0) is 13.0 Å². The molecule has 0 bridgehead atoms. The van der Waals surface area contributed by atoms with Gasteiger partial charge in [-0.05, 0) is 54.3 Å². The van der Waals surface area contributed by atoms with Crippen LogP contribution in [0.2, 0.25) is 0 Å². The van der Waals surface area contributed by atoms with Gasteiger partial charge >= 0.3 is 0 Å². The van der Waals surface area contributed by atoms with E-state index in [4.69, 9.17) is 4.74 Å². The predicted molar refractivity (Wildman–Crippen MR) is 109 cm³/mol. The molecular weight excluding hydrogens is 364 g/mol. The second-order valence-corrected chi connectivity index (χ2v) is 7.78. The molecule has 0 saturated carbocycles. The van der Waals surface area contributed by atoms with Crippen LogP contribution in [0.15, 0.2) is 55.1 Å². The minimum absolute atomic E-state index is 0.108. The minimum atomic E-state index is 0.108. The van der Waals surface area contributed by atoms with Crippen molar-refractivity contribution in [3.63, 3.8) is 0 Å². The minimum Gasteiger partial charge on any atom is -0.493 e. The number of amides is 1. The lowest BCUT2D eigenvalue weighted by Crippen LogP contribution is -2.39. The second-order valence-electron chi connectivity index (χ2n) is 7.78. The van der Waals surface area contributed by atoms with Gasteiger partial charge < -0.3 is 14.2 Å². The molecule has 0 radical (unpaired) electrons. The van der Waals surface area contributed by atoms with Crippen LogP contribution in [-0.4, -0.2) is 45.0 Å². The second kappa shape index (κ2) is 7.70. The molecule has 2 aromatic heterocycles. The quantitative estimate of drug-likeness (QED) is 0.688. The first-order valence-corrected chi connectivity index (χ1v) is 10.2. The molecule has 2 aliphatic rings. The smallest absolute Gasteiger partial charge is 0.253 e. The summed E-state index contributed by atoms with van der Waals surface area (Å²) < 4.78 is 7.76. The monoisotopic (exact) mass is 388 g/mol. The van der Waals surface area contributed by atoms with Crippen LogP contribution >= 0.6 is 0 Å². The molecule has 29 heavy (non-hydrogen) atoms. The number of carbonyl (C=O) groups excluding carboxylic acids is 1. The number of rotatable bonds is 4. The van der Waals surface area contributed by atoms with Gasteiger partial charge in [-0.15, -0.1) is 0 Å². The van der Waals surface area contributed by atoms with Crippen LogP contribution in [0.3, 0.4) is 0 Å². The van der Waals surface area contributed by atoms with E-state index in [-0.39, 0.29) is 11.8 Å². The summed E-state index contributed by atoms with van der Waals surface area (Å²) in [7, 11) is 0. The maximum Gasteiger partial charge on any atom is 0.253 e. The molecule has 6 nitrogen and oxygen atoms in total. The van der Waals surface area contributed by atoms with Gasteiger partial charge in [-0.3, -0.25) is 9.78 Å². The van der Waals surface area contributed by atoms with Gasteiger partial charge in [0, 0.05) is 62.3 Å². The van der Waals surface area contributed by atoms with Crippen LogP contribution in [0, 0.1) is 0 Å². The van der Waals surface area contributed by atoms with Crippen LogP contribution in [0.25, 0.3) is 0 Å². The number of aromatic nitrogens is 3. The summed E-state index contributed by atoms with van der Waals surface area (Å²) >= 11 is 0. The number of fused-ring (bicyclic) bond motifs is 1. The molecule has 0 aliphatic carbocycles. The third-order valence-corrected chi connectivity index (χ3v) is 5.86. The fourth-order valence-corrected chi connectivity index (χ4v) is 4.37. The van der Waals surface area contributed by atoms with Gasteiger partial charge in [0.1, 0.15) is 11.6 Å². The molecule has 4 heterocycles. The molecule has 1 saturated heterocycles. The number of carbonyl (C=O) groups is 1. The predicted octanol–water partition coefficient (Wildman–Crippen LogP) is 3.28. The van der Waals surface area contributed by atoms with Crippen molar-refractivity contribution in [2.45, 2.75) is 31.7 Å². The Labute approximate surface area is 170 Å². The molecule has 1 atom stereocenters. The van der Waals surface area contributed by atoms with Gasteiger partial charge in [0.15, 0.2) is 0 Å². The number of pyridine rings is 1. The Bertz CT molecular complexity index is 1010. The molecule has 0 spiro atoms. The van der Waals surface area contributed by atoms with Crippen LogP contribution in [0.5, 0.6) is 5.75 Å². The molecule has 6 heteroatoms. The van der Waals surface area contributed by atoms with Gasteiger partial charge in [-0.25, -0.2) is 4.98 Å². The molecule has 1 amide bonds. The van der Waals surface area contributed by atoms with Crippen molar-refractivity contribution < 1.29 is 9.53 Å². The number of piperidine rings is 1. The third-order valence-electron chi connectivity index (χ3n) is 5.86. The molecule has 0 N–H and O–H groups in total. The summed E-state index contributed by atoms with van der Waals surface area (Å²) in [6.07, 6.45) is 10.4. The summed E-state index contributed by atoms with van der Waals surface area (Å²) in [5.74, 6) is 2.33. The molecule has 148 valence electrons. The SMILES string of the molecule is O=C(c1ccc2c(c1)CCO2)N1CCC[C@@H](c2nccn2Cc2ccncc2)C1. The highest BCUT2D eigenvalue weighted by Crippen LogP contribution is 2.29. The Morgan fingerprint density at radius 2 is 2.07 bits per heavy atom. The third kappa shape index (κ3) is 3.62. The summed E-state index contributed by atoms with van der Waals surface area (Å²) in [5, 5.41) is 0. The zero-order chi connectivity index (χ0) is 19.6. The summed E-state index contributed by atoms with van der Waals surface area (Å²) in [6.45, 7) is 2.99. The first-order chi connectivity index (χ1) is 14.3. The highest BCUT2D eigenvalue weighted by Gasteiger charge is 2.28. The molecule has 3 aromatic rings. The van der Waals surface area contributed by atoms with Crippen molar-refractivity contribution in [1.29, 1.82) is 0 Å². The average Bonchev–Trinajstić information content (AvgIpc) is 3.43. The topological polar surface area (TPSA) is 60.2 Å². The number of likely N-dealkylation sites (tertiary alicyclic amines) is 1. The van der Waals surface area contributed by atoms with Crippen LogP contribution in [0.1, 0.15) is 46.1 Å². The van der Waals surface area contributed by atoms with Crippen molar-refractivity contribution in [2.24, 2.45) is 0 Å². The number of ether oxygens (including phenoxy) is 1. The largest absolute Gasteiger partial charge is 0.493 e. The van der Waals surface area contributed by atoms with Gasteiger partial charge in [0.05, 0.1) is 6.61 Å². The Hall–Kier alpha value is -3.15. The number of benzene rings is 1. The van der Waals surface area contributed by atoms with E-state index in [0.717, 1.165) is 55.1 Å². The van der Waals surface area contributed by atoms with Gasteiger partial charge in [-0.2, -0.15) is 0 Å². The van der Waals surface area contributed by atoms with E-state index in [1.165, 1.54) is 5.56 Å². The highest BCUT2D eigenvalue weighted by atomic mass is 16.5. The summed E-state index contributed by atoms with van der Waals surface area (Å²) in [6, 6.07) is 9.87. The number of hydrogen-bond acceptors (Lipinski definition) is 4. The first kappa shape index (κ1) is 17.9. The van der Waals surface area contributed by atoms with E-state index in [1.54, 1.807) is 0 Å². The molecule has 1 fully saturated rings. The fraction of sp³-hybridized carbons (Fsp3) is 0.348. The lowest BCUT2D eigenvalue weighted by Gasteiger charge is -2.33. The van der Waals surface area contributed by atoms with E-state index >= 15 is 0 Å². The zero-order valence-electron chi connectivity index (χ0n) is 16.3.